The minimum Gasteiger partial charge on any atom is -0.105 e. The van der Waals surface area contributed by atoms with E-state index in [1.165, 1.54) is 12.0 Å². The van der Waals surface area contributed by atoms with Gasteiger partial charge in [0.25, 0.3) is 0 Å². The fraction of sp³-hybridized carbons (Fsp3) is 0.600. The molecule has 2 rings (SSSR count). The second-order valence-corrected chi connectivity index (χ2v) is 12.5. The Morgan fingerprint density at radius 2 is 1.46 bits per heavy atom. The summed E-state index contributed by atoms with van der Waals surface area (Å²) in [6.45, 7) is 21.6. The number of hydrogen-bond acceptors (Lipinski definition) is 0. The van der Waals surface area contributed by atoms with Crippen molar-refractivity contribution in [3.05, 3.63) is 53.1 Å². The number of hydrogen-bond donors (Lipinski definition) is 0. The number of benzene rings is 1. The zero-order valence-electron chi connectivity index (χ0n) is 18.4. The van der Waals surface area contributed by atoms with E-state index < -0.39 is 0 Å². The van der Waals surface area contributed by atoms with Crippen LogP contribution in [0, 0.1) is 17.8 Å². The van der Waals surface area contributed by atoms with Crippen LogP contribution in [0.2, 0.25) is 0 Å². The monoisotopic (exact) mass is 370 g/mol. The summed E-state index contributed by atoms with van der Waals surface area (Å²) in [5, 5.41) is 0.555. The molecular formula is C25H39P. The van der Waals surface area contributed by atoms with Crippen molar-refractivity contribution >= 4 is 14.2 Å². The van der Waals surface area contributed by atoms with Crippen molar-refractivity contribution in [1.29, 1.82) is 0 Å². The molecule has 0 nitrogen and oxygen atoms in total. The van der Waals surface area contributed by atoms with Crippen molar-refractivity contribution in [3.8, 4) is 0 Å². The molecule has 0 aliphatic heterocycles. The normalized spacial score (nSPS) is 22.2. The zero-order valence-corrected chi connectivity index (χ0v) is 19.4. The first-order chi connectivity index (χ1) is 12.0. The average molecular weight is 371 g/mol. The molecule has 144 valence electrons. The maximum atomic E-state index is 2.55. The van der Waals surface area contributed by atoms with Crippen LogP contribution < -0.4 is 0 Å². The topological polar surface area (TPSA) is 0 Å². The molecule has 26 heavy (non-hydrogen) atoms. The summed E-state index contributed by atoms with van der Waals surface area (Å²) in [6, 6.07) is 11.2. The lowest BCUT2D eigenvalue weighted by molar-refractivity contribution is 0.479. The molecule has 0 spiro atoms. The molecule has 0 amide bonds. The first-order valence-electron chi connectivity index (χ1n) is 10.3. The largest absolute Gasteiger partial charge is 0.105 e. The summed E-state index contributed by atoms with van der Waals surface area (Å²) in [7, 11) is 0.906. The third-order valence-electron chi connectivity index (χ3n) is 5.57. The predicted molar refractivity (Wildman–Crippen MR) is 121 cm³/mol. The molecule has 0 radical (unpaired) electrons. The summed E-state index contributed by atoms with van der Waals surface area (Å²) < 4.78 is 0. The SMILES string of the molecule is CC(C)C1=CC(C(C)C)=C(c2ccccc2)C(PC(C)(C)C)(C(C)C)C1. The molecule has 1 heteroatoms. The van der Waals surface area contributed by atoms with Gasteiger partial charge in [-0.1, -0.05) is 104 Å². The van der Waals surface area contributed by atoms with E-state index in [2.05, 4.69) is 98.7 Å². The molecule has 1 aromatic carbocycles. The maximum absolute atomic E-state index is 2.55. The Labute approximate surface area is 164 Å². The van der Waals surface area contributed by atoms with E-state index in [1.54, 1.807) is 16.7 Å². The highest BCUT2D eigenvalue weighted by atomic mass is 31.1. The van der Waals surface area contributed by atoms with Crippen molar-refractivity contribution < 1.29 is 0 Å². The van der Waals surface area contributed by atoms with Crippen LogP contribution >= 0.6 is 8.58 Å². The highest BCUT2D eigenvalue weighted by Gasteiger charge is 2.45. The molecule has 0 saturated carbocycles. The average Bonchev–Trinajstić information content (AvgIpc) is 2.52. The fourth-order valence-corrected chi connectivity index (χ4v) is 6.59. The van der Waals surface area contributed by atoms with Crippen LogP contribution in [0.1, 0.15) is 74.3 Å². The molecule has 2 atom stereocenters. The van der Waals surface area contributed by atoms with Crippen LogP contribution in [0.15, 0.2) is 47.6 Å². The van der Waals surface area contributed by atoms with Crippen molar-refractivity contribution in [2.45, 2.75) is 79.0 Å². The minimum atomic E-state index is 0.230. The van der Waals surface area contributed by atoms with Crippen molar-refractivity contribution in [3.63, 3.8) is 0 Å². The fourth-order valence-electron chi connectivity index (χ4n) is 4.26. The van der Waals surface area contributed by atoms with Crippen LogP contribution in [0.4, 0.5) is 0 Å². The molecule has 0 bridgehead atoms. The first-order valence-corrected chi connectivity index (χ1v) is 11.3. The molecule has 1 aliphatic rings. The Balaban J connectivity index is 2.84. The predicted octanol–water partition coefficient (Wildman–Crippen LogP) is 7.95. The first kappa shape index (κ1) is 21.4. The van der Waals surface area contributed by atoms with E-state index in [-0.39, 0.29) is 5.16 Å². The van der Waals surface area contributed by atoms with Crippen molar-refractivity contribution in [2.75, 3.05) is 0 Å². The van der Waals surface area contributed by atoms with Gasteiger partial charge in [0.2, 0.25) is 0 Å². The lowest BCUT2D eigenvalue weighted by Gasteiger charge is -2.49. The molecule has 2 unspecified atom stereocenters. The maximum Gasteiger partial charge on any atom is 0.0199 e. The van der Waals surface area contributed by atoms with Gasteiger partial charge in [0, 0.05) is 5.16 Å². The molecule has 0 heterocycles. The van der Waals surface area contributed by atoms with Crippen molar-refractivity contribution in [1.82, 2.24) is 0 Å². The van der Waals surface area contributed by atoms with Crippen LogP contribution in [-0.2, 0) is 0 Å². The summed E-state index contributed by atoms with van der Waals surface area (Å²) in [5.74, 6) is 1.78. The van der Waals surface area contributed by atoms with Gasteiger partial charge < -0.3 is 0 Å². The molecular weight excluding hydrogens is 331 g/mol. The molecule has 0 saturated heterocycles. The third kappa shape index (κ3) is 4.51. The van der Waals surface area contributed by atoms with Gasteiger partial charge in [-0.3, -0.25) is 0 Å². The van der Waals surface area contributed by atoms with E-state index in [4.69, 9.17) is 0 Å². The Bertz CT molecular complexity index is 668. The van der Waals surface area contributed by atoms with E-state index in [0.717, 1.165) is 8.58 Å². The van der Waals surface area contributed by atoms with E-state index in [1.807, 2.05) is 0 Å². The summed E-state index contributed by atoms with van der Waals surface area (Å²) in [5.41, 5.74) is 6.26. The van der Waals surface area contributed by atoms with Crippen LogP contribution in [0.3, 0.4) is 0 Å². The molecule has 1 aliphatic carbocycles. The molecule has 0 aromatic heterocycles. The zero-order chi connectivity index (χ0) is 19.7. The van der Waals surface area contributed by atoms with E-state index >= 15 is 0 Å². The van der Waals surface area contributed by atoms with Gasteiger partial charge in [-0.2, -0.15) is 0 Å². The highest BCUT2D eigenvalue weighted by Crippen LogP contribution is 2.60. The Morgan fingerprint density at radius 1 is 0.885 bits per heavy atom. The molecule has 1 aromatic rings. The quantitative estimate of drug-likeness (QED) is 0.461. The smallest absolute Gasteiger partial charge is 0.0199 e. The third-order valence-corrected chi connectivity index (χ3v) is 7.77. The second kappa shape index (κ2) is 8.02. The van der Waals surface area contributed by atoms with Gasteiger partial charge in [0.15, 0.2) is 0 Å². The highest BCUT2D eigenvalue weighted by molar-refractivity contribution is 7.42. The van der Waals surface area contributed by atoms with Gasteiger partial charge >= 0.3 is 0 Å². The van der Waals surface area contributed by atoms with Gasteiger partial charge in [-0.25, -0.2) is 0 Å². The standard InChI is InChI=1S/C25H39P/c1-17(2)21-15-22(18(3)4)23(20-13-11-10-12-14-20)25(16-21,19(5)6)26-24(7,8)9/h10-15,17-19,26H,16H2,1-9H3. The van der Waals surface area contributed by atoms with Crippen molar-refractivity contribution in [2.24, 2.45) is 17.8 Å². The van der Waals surface area contributed by atoms with Gasteiger partial charge in [-0.05, 0) is 46.0 Å². The lowest BCUT2D eigenvalue weighted by atomic mass is 9.70. The second-order valence-electron chi connectivity index (χ2n) is 9.90. The summed E-state index contributed by atoms with van der Waals surface area (Å²) in [4.78, 5) is 0. The van der Waals surface area contributed by atoms with Crippen LogP contribution in [0.25, 0.3) is 5.57 Å². The van der Waals surface area contributed by atoms with E-state index in [0.29, 0.717) is 22.9 Å². The Morgan fingerprint density at radius 3 is 1.88 bits per heavy atom. The van der Waals surface area contributed by atoms with Gasteiger partial charge in [0.05, 0.1) is 0 Å². The van der Waals surface area contributed by atoms with E-state index in [9.17, 15) is 0 Å². The number of rotatable bonds is 5. The summed E-state index contributed by atoms with van der Waals surface area (Å²) >= 11 is 0. The molecule has 0 fully saturated rings. The van der Waals surface area contributed by atoms with Gasteiger partial charge in [-0.15, -0.1) is 8.58 Å². The van der Waals surface area contributed by atoms with Crippen LogP contribution in [-0.4, -0.2) is 10.3 Å². The summed E-state index contributed by atoms with van der Waals surface area (Å²) in [6.07, 6.45) is 3.75. The Kier molecular flexibility index (Phi) is 6.61. The number of allylic oxidation sites excluding steroid dienone is 4. The lowest BCUT2D eigenvalue weighted by Crippen LogP contribution is -2.39. The van der Waals surface area contributed by atoms with Crippen LogP contribution in [0.5, 0.6) is 0 Å². The molecule has 0 N–H and O–H groups in total. The van der Waals surface area contributed by atoms with Gasteiger partial charge in [0.1, 0.15) is 0 Å². The Hall–Kier alpha value is -0.870. The minimum absolute atomic E-state index is 0.230.